The van der Waals surface area contributed by atoms with Gasteiger partial charge in [0.15, 0.2) is 5.41 Å². The van der Waals surface area contributed by atoms with E-state index in [1.165, 1.54) is 24.3 Å². The van der Waals surface area contributed by atoms with Crippen LogP contribution in [0.2, 0.25) is 0 Å². The molecule has 1 N–H and O–H groups in total. The fourth-order valence-corrected chi connectivity index (χ4v) is 4.73. The Bertz CT molecular complexity index is 1240. The lowest BCUT2D eigenvalue weighted by Crippen LogP contribution is -2.57. The minimum Gasteiger partial charge on any atom is -0.443 e. The third-order valence-electron chi connectivity index (χ3n) is 6.53. The number of nitrogens with one attached hydrogen (secondary N) is 1. The molecule has 2 aromatic carbocycles. The summed E-state index contributed by atoms with van der Waals surface area (Å²) in [7, 11) is 0. The average molecular weight is 427 g/mol. The summed E-state index contributed by atoms with van der Waals surface area (Å²) in [5, 5.41) is 50.3. The van der Waals surface area contributed by atoms with Crippen LogP contribution in [0.5, 0.6) is 0 Å². The van der Waals surface area contributed by atoms with Crippen molar-refractivity contribution in [3.8, 4) is 18.2 Å². The van der Waals surface area contributed by atoms with Crippen LogP contribution in [0.1, 0.15) is 29.7 Å². The molecule has 4 atom stereocenters. The Morgan fingerprint density at radius 3 is 2.12 bits per heavy atom. The molecule has 4 unspecified atom stereocenters. The maximum atomic E-state index is 11.1. The molecule has 2 saturated heterocycles. The van der Waals surface area contributed by atoms with Crippen molar-refractivity contribution < 1.29 is 14.4 Å². The number of ether oxygens (including phenoxy) is 2. The number of benzene rings is 2. The third-order valence-corrected chi connectivity index (χ3v) is 6.53. The van der Waals surface area contributed by atoms with Crippen LogP contribution in [0.25, 0.3) is 0 Å². The number of rotatable bonds is 3. The number of nitro groups is 1. The number of nitrogens with zero attached hydrogens (tertiary/aromatic N) is 4. The van der Waals surface area contributed by atoms with Gasteiger partial charge in [0.25, 0.3) is 5.69 Å². The Labute approximate surface area is 183 Å². The van der Waals surface area contributed by atoms with E-state index in [-0.39, 0.29) is 5.69 Å². The first-order chi connectivity index (χ1) is 15.2. The number of hydrogen-bond donors (Lipinski definition) is 1. The Morgan fingerprint density at radius 1 is 1.03 bits per heavy atom. The normalized spacial score (nSPS) is 29.8. The fraction of sp³-hybridized carbons (Fsp3) is 0.304. The van der Waals surface area contributed by atoms with Crippen molar-refractivity contribution >= 4 is 11.6 Å². The maximum absolute atomic E-state index is 11.1. The van der Waals surface area contributed by atoms with Gasteiger partial charge in [-0.1, -0.05) is 36.8 Å². The van der Waals surface area contributed by atoms with Crippen molar-refractivity contribution in [2.75, 3.05) is 0 Å². The molecule has 2 aromatic rings. The standard InChI is InChI=1S/C23H17N5O4/c1-14-3-7-17(8-4-14)23-15(2)22(13-26,20(27)32-23)21(11-24,12-25)19(31-23)16-5-9-18(10-6-16)28(29)30/h3-10,15,19,27H,1-2H3. The van der Waals surface area contributed by atoms with Gasteiger partial charge in [0.1, 0.15) is 6.10 Å². The highest BCUT2D eigenvalue weighted by molar-refractivity contribution is 5.89. The van der Waals surface area contributed by atoms with Crippen LogP contribution in [0, 0.1) is 73.2 Å². The summed E-state index contributed by atoms with van der Waals surface area (Å²) in [5.74, 6) is -2.98. The second-order valence-corrected chi connectivity index (χ2v) is 7.98. The maximum Gasteiger partial charge on any atom is 0.269 e. The molecule has 0 aliphatic carbocycles. The van der Waals surface area contributed by atoms with Gasteiger partial charge in [-0.3, -0.25) is 15.5 Å². The fourth-order valence-electron chi connectivity index (χ4n) is 4.73. The van der Waals surface area contributed by atoms with Gasteiger partial charge in [-0.25, -0.2) is 0 Å². The number of nitriles is 3. The second kappa shape index (κ2) is 6.88. The van der Waals surface area contributed by atoms with Crippen LogP contribution in [0.15, 0.2) is 48.5 Å². The number of fused-ring (bicyclic) bond motifs is 2. The average Bonchev–Trinajstić information content (AvgIpc) is 2.96. The molecular weight excluding hydrogens is 410 g/mol. The molecular formula is C23H17N5O4. The molecule has 2 bridgehead atoms. The van der Waals surface area contributed by atoms with Crippen molar-refractivity contribution in [3.63, 3.8) is 0 Å². The predicted molar refractivity (Wildman–Crippen MR) is 109 cm³/mol. The van der Waals surface area contributed by atoms with E-state index >= 15 is 0 Å². The Balaban J connectivity index is 2.00. The Kier molecular flexibility index (Phi) is 4.51. The highest BCUT2D eigenvalue weighted by Gasteiger charge is 2.79. The van der Waals surface area contributed by atoms with Gasteiger partial charge in [-0.15, -0.1) is 0 Å². The zero-order valence-electron chi connectivity index (χ0n) is 17.2. The molecule has 0 aromatic heterocycles. The third kappa shape index (κ3) is 2.36. The molecule has 2 heterocycles. The molecule has 32 heavy (non-hydrogen) atoms. The van der Waals surface area contributed by atoms with Gasteiger partial charge in [-0.2, -0.15) is 15.8 Å². The number of non-ortho nitro benzene ring substituents is 1. The van der Waals surface area contributed by atoms with Crippen LogP contribution < -0.4 is 0 Å². The Morgan fingerprint density at radius 2 is 1.62 bits per heavy atom. The van der Waals surface area contributed by atoms with Gasteiger partial charge in [0.2, 0.25) is 17.1 Å². The zero-order chi connectivity index (χ0) is 23.3. The van der Waals surface area contributed by atoms with E-state index in [1.54, 1.807) is 19.1 Å². The van der Waals surface area contributed by atoms with Gasteiger partial charge >= 0.3 is 0 Å². The van der Waals surface area contributed by atoms with Crippen LogP contribution in [0.3, 0.4) is 0 Å². The first-order valence-corrected chi connectivity index (χ1v) is 9.73. The summed E-state index contributed by atoms with van der Waals surface area (Å²) in [5.41, 5.74) is -2.42. The highest BCUT2D eigenvalue weighted by Crippen LogP contribution is 2.68. The molecule has 0 radical (unpaired) electrons. The lowest BCUT2D eigenvalue weighted by molar-refractivity contribution is -0.384. The van der Waals surface area contributed by atoms with E-state index in [9.17, 15) is 25.9 Å². The lowest BCUT2D eigenvalue weighted by atomic mass is 9.53. The summed E-state index contributed by atoms with van der Waals surface area (Å²) in [6.07, 6.45) is -1.31. The minimum absolute atomic E-state index is 0.173. The topological polar surface area (TPSA) is 157 Å². The summed E-state index contributed by atoms with van der Waals surface area (Å²) in [6.45, 7) is 3.53. The molecule has 0 spiro atoms. The molecule has 158 valence electrons. The molecule has 9 heteroatoms. The van der Waals surface area contributed by atoms with E-state index in [0.717, 1.165) is 5.56 Å². The van der Waals surface area contributed by atoms with Gasteiger partial charge in [0.05, 0.1) is 29.0 Å². The molecule has 0 saturated carbocycles. The quantitative estimate of drug-likeness (QED) is 0.572. The molecule has 2 aliphatic heterocycles. The minimum atomic E-state index is -2.13. The molecule has 4 rings (SSSR count). The largest absolute Gasteiger partial charge is 0.443 e. The van der Waals surface area contributed by atoms with Crippen molar-refractivity contribution in [2.45, 2.75) is 25.7 Å². The van der Waals surface area contributed by atoms with Crippen molar-refractivity contribution in [1.82, 2.24) is 0 Å². The lowest BCUT2D eigenvalue weighted by Gasteiger charge is -2.48. The second-order valence-electron chi connectivity index (χ2n) is 7.98. The number of aryl methyl sites for hydroxylation is 1. The van der Waals surface area contributed by atoms with Crippen LogP contribution >= 0.6 is 0 Å². The smallest absolute Gasteiger partial charge is 0.269 e. The monoisotopic (exact) mass is 427 g/mol. The summed E-state index contributed by atoms with van der Waals surface area (Å²) >= 11 is 0. The SMILES string of the molecule is Cc1ccc(C23OC(=N)C(C#N)(C2C)C(C#N)(C#N)C(c2ccc([N+](=O)[O-])cc2)O3)cc1. The first-order valence-electron chi connectivity index (χ1n) is 9.73. The highest BCUT2D eigenvalue weighted by atomic mass is 16.7. The molecule has 9 nitrogen and oxygen atoms in total. The number of nitro benzene ring substituents is 1. The van der Waals surface area contributed by atoms with Gasteiger partial charge < -0.3 is 9.47 Å². The van der Waals surface area contributed by atoms with Crippen LogP contribution in [-0.2, 0) is 15.3 Å². The van der Waals surface area contributed by atoms with Crippen molar-refractivity contribution in [3.05, 3.63) is 75.3 Å². The Hall–Kier alpha value is -4.26. The predicted octanol–water partition coefficient (Wildman–Crippen LogP) is 4.01. The molecule has 0 amide bonds. The zero-order valence-corrected chi connectivity index (χ0v) is 17.2. The van der Waals surface area contributed by atoms with E-state index in [2.05, 4.69) is 6.07 Å². The first kappa shape index (κ1) is 21.0. The summed E-state index contributed by atoms with van der Waals surface area (Å²) < 4.78 is 12.3. The number of hydrogen-bond acceptors (Lipinski definition) is 8. The van der Waals surface area contributed by atoms with E-state index in [1.807, 2.05) is 31.2 Å². The van der Waals surface area contributed by atoms with Crippen molar-refractivity contribution in [2.24, 2.45) is 16.7 Å². The van der Waals surface area contributed by atoms with Gasteiger partial charge in [-0.05, 0) is 24.6 Å². The summed E-state index contributed by atoms with van der Waals surface area (Å²) in [6, 6.07) is 18.4. The summed E-state index contributed by atoms with van der Waals surface area (Å²) in [4.78, 5) is 10.5. The van der Waals surface area contributed by atoms with E-state index in [4.69, 9.17) is 14.9 Å². The molecule has 2 aliphatic rings. The van der Waals surface area contributed by atoms with Crippen LogP contribution in [-0.4, -0.2) is 10.8 Å². The van der Waals surface area contributed by atoms with Gasteiger partial charge in [0, 0.05) is 17.7 Å². The van der Waals surface area contributed by atoms with Crippen LogP contribution in [0.4, 0.5) is 5.69 Å². The van der Waals surface area contributed by atoms with Crippen molar-refractivity contribution in [1.29, 1.82) is 21.2 Å². The van der Waals surface area contributed by atoms with E-state index in [0.29, 0.717) is 11.1 Å². The molecule has 2 fully saturated rings. The van der Waals surface area contributed by atoms with E-state index < -0.39 is 39.5 Å².